The van der Waals surface area contributed by atoms with Crippen molar-refractivity contribution < 1.29 is 32.1 Å². The first-order valence-corrected chi connectivity index (χ1v) is 8.54. The van der Waals surface area contributed by atoms with E-state index in [1.54, 1.807) is 0 Å². The van der Waals surface area contributed by atoms with Gasteiger partial charge in [-0.3, -0.25) is 14.9 Å². The number of anilines is 1. The monoisotopic (exact) mass is 403 g/mol. The van der Waals surface area contributed by atoms with Crippen LogP contribution >= 0.6 is 11.6 Å². The standard InChI is InChI=1S/C13H10ClN3O8S/c14-8-5-7(17(20)21)1-2-9(8)16-11(18)6-24-13(19)10-3-4-12(25-10)26(15,22)23/h1-5H,6H2,(H,16,18)(H2,15,22,23). The molecule has 11 nitrogen and oxygen atoms in total. The molecule has 0 bridgehead atoms. The van der Waals surface area contributed by atoms with Crippen molar-refractivity contribution in [3.8, 4) is 0 Å². The molecule has 1 aromatic heterocycles. The van der Waals surface area contributed by atoms with Gasteiger partial charge in [-0.2, -0.15) is 0 Å². The highest BCUT2D eigenvalue weighted by atomic mass is 35.5. The molecule has 0 spiro atoms. The molecule has 0 atom stereocenters. The Balaban J connectivity index is 1.95. The van der Waals surface area contributed by atoms with Gasteiger partial charge in [0, 0.05) is 12.1 Å². The number of benzene rings is 1. The van der Waals surface area contributed by atoms with Crippen molar-refractivity contribution in [2.24, 2.45) is 5.14 Å². The fourth-order valence-electron chi connectivity index (χ4n) is 1.69. The van der Waals surface area contributed by atoms with Gasteiger partial charge in [-0.1, -0.05) is 11.6 Å². The number of carbonyl (C=O) groups is 2. The number of sulfonamides is 1. The Morgan fingerprint density at radius 1 is 1.31 bits per heavy atom. The molecule has 2 rings (SSSR count). The van der Waals surface area contributed by atoms with Crippen LogP contribution < -0.4 is 10.5 Å². The van der Waals surface area contributed by atoms with Crippen molar-refractivity contribution in [3.63, 3.8) is 0 Å². The highest BCUT2D eigenvalue weighted by Gasteiger charge is 2.19. The van der Waals surface area contributed by atoms with Gasteiger partial charge in [0.1, 0.15) is 0 Å². The largest absolute Gasteiger partial charge is 0.450 e. The van der Waals surface area contributed by atoms with Crippen LogP contribution in [0.15, 0.2) is 39.8 Å². The molecule has 0 aliphatic heterocycles. The molecule has 138 valence electrons. The zero-order chi connectivity index (χ0) is 19.5. The summed E-state index contributed by atoms with van der Waals surface area (Å²) in [4.78, 5) is 33.4. The maximum atomic E-state index is 11.8. The number of rotatable bonds is 6. The minimum atomic E-state index is -4.12. The lowest BCUT2D eigenvalue weighted by Gasteiger charge is -2.07. The first-order chi connectivity index (χ1) is 12.1. The summed E-state index contributed by atoms with van der Waals surface area (Å²) in [6.07, 6.45) is 0. The van der Waals surface area contributed by atoms with Gasteiger partial charge >= 0.3 is 5.97 Å². The molecule has 3 N–H and O–H groups in total. The lowest BCUT2D eigenvalue weighted by Crippen LogP contribution is -2.21. The summed E-state index contributed by atoms with van der Waals surface area (Å²) in [7, 11) is -4.12. The average molecular weight is 404 g/mol. The SMILES string of the molecule is NS(=O)(=O)c1ccc(C(=O)OCC(=O)Nc2ccc([N+](=O)[O-])cc2Cl)o1. The van der Waals surface area contributed by atoms with Gasteiger partial charge < -0.3 is 14.5 Å². The van der Waals surface area contributed by atoms with E-state index in [0.29, 0.717) is 0 Å². The highest BCUT2D eigenvalue weighted by molar-refractivity contribution is 7.89. The van der Waals surface area contributed by atoms with Gasteiger partial charge in [-0.15, -0.1) is 0 Å². The van der Waals surface area contributed by atoms with Gasteiger partial charge in [-0.25, -0.2) is 18.4 Å². The molecule has 26 heavy (non-hydrogen) atoms. The van der Waals surface area contributed by atoms with Crippen LogP contribution in [0.25, 0.3) is 0 Å². The average Bonchev–Trinajstić information content (AvgIpc) is 3.04. The van der Waals surface area contributed by atoms with Crippen molar-refractivity contribution >= 4 is 44.9 Å². The third-order valence-electron chi connectivity index (χ3n) is 2.83. The molecule has 1 heterocycles. The van der Waals surface area contributed by atoms with Gasteiger partial charge in [0.2, 0.25) is 10.9 Å². The minimum Gasteiger partial charge on any atom is -0.450 e. The first-order valence-electron chi connectivity index (χ1n) is 6.61. The Morgan fingerprint density at radius 2 is 2.00 bits per heavy atom. The van der Waals surface area contributed by atoms with Crippen LogP contribution in [-0.4, -0.2) is 31.8 Å². The fraction of sp³-hybridized carbons (Fsp3) is 0.0769. The molecule has 0 aliphatic rings. The Bertz CT molecular complexity index is 985. The Hall–Kier alpha value is -2.96. The van der Waals surface area contributed by atoms with Crippen LogP contribution in [0.1, 0.15) is 10.6 Å². The second-order valence-corrected chi connectivity index (χ2v) is 6.61. The van der Waals surface area contributed by atoms with E-state index in [1.807, 2.05) is 0 Å². The molecule has 0 saturated heterocycles. The highest BCUT2D eigenvalue weighted by Crippen LogP contribution is 2.26. The predicted octanol–water partition coefficient (Wildman–Crippen LogP) is 1.28. The van der Waals surface area contributed by atoms with E-state index in [-0.39, 0.29) is 16.4 Å². The topological polar surface area (TPSA) is 172 Å². The lowest BCUT2D eigenvalue weighted by atomic mass is 10.3. The summed E-state index contributed by atoms with van der Waals surface area (Å²) < 4.78 is 31.5. The van der Waals surface area contributed by atoms with E-state index in [9.17, 15) is 28.1 Å². The number of hydrogen-bond acceptors (Lipinski definition) is 8. The molecule has 2 aromatic rings. The van der Waals surface area contributed by atoms with Crippen LogP contribution in [-0.2, 0) is 19.6 Å². The quantitative estimate of drug-likeness (QED) is 0.412. The van der Waals surface area contributed by atoms with E-state index in [0.717, 1.165) is 24.3 Å². The number of amides is 1. The van der Waals surface area contributed by atoms with E-state index in [1.165, 1.54) is 6.07 Å². The lowest BCUT2D eigenvalue weighted by molar-refractivity contribution is -0.384. The maximum absolute atomic E-state index is 11.8. The number of carbonyl (C=O) groups excluding carboxylic acids is 2. The number of nitrogens with two attached hydrogens (primary N) is 1. The van der Waals surface area contributed by atoms with E-state index in [4.69, 9.17) is 21.2 Å². The van der Waals surface area contributed by atoms with Gasteiger partial charge in [0.15, 0.2) is 6.61 Å². The van der Waals surface area contributed by atoms with Gasteiger partial charge in [0.25, 0.3) is 21.6 Å². The number of non-ortho nitro benzene ring substituents is 1. The van der Waals surface area contributed by atoms with Crippen LogP contribution in [0.2, 0.25) is 5.02 Å². The summed E-state index contributed by atoms with van der Waals surface area (Å²) >= 11 is 5.81. The number of nitrogens with zero attached hydrogens (tertiary/aromatic N) is 1. The van der Waals surface area contributed by atoms with Crippen LogP contribution in [0, 0.1) is 10.1 Å². The van der Waals surface area contributed by atoms with Crippen molar-refractivity contribution in [2.75, 3.05) is 11.9 Å². The number of esters is 1. The molecular weight excluding hydrogens is 394 g/mol. The van der Waals surface area contributed by atoms with Crippen molar-refractivity contribution in [1.29, 1.82) is 0 Å². The zero-order valence-corrected chi connectivity index (χ0v) is 14.2. The van der Waals surface area contributed by atoms with Crippen LogP contribution in [0.3, 0.4) is 0 Å². The number of furan rings is 1. The number of nitrogens with one attached hydrogen (secondary N) is 1. The molecule has 1 amide bonds. The normalized spacial score (nSPS) is 11.0. The number of halogens is 1. The molecule has 1 aromatic carbocycles. The molecule has 13 heteroatoms. The first kappa shape index (κ1) is 19.4. The molecule has 0 fully saturated rings. The number of ether oxygens (including phenoxy) is 1. The van der Waals surface area contributed by atoms with E-state index >= 15 is 0 Å². The number of nitro groups is 1. The second kappa shape index (κ2) is 7.51. The predicted molar refractivity (Wildman–Crippen MR) is 87.1 cm³/mol. The fourth-order valence-corrected chi connectivity index (χ4v) is 2.38. The molecular formula is C13H10ClN3O8S. The third-order valence-corrected chi connectivity index (χ3v) is 3.93. The van der Waals surface area contributed by atoms with Gasteiger partial charge in [-0.05, 0) is 18.2 Å². The Kier molecular flexibility index (Phi) is 5.59. The summed E-state index contributed by atoms with van der Waals surface area (Å²) in [5, 5.41) is 17.0. The van der Waals surface area contributed by atoms with E-state index < -0.39 is 44.3 Å². The number of primary sulfonamides is 1. The van der Waals surface area contributed by atoms with Crippen molar-refractivity contribution in [3.05, 3.63) is 51.2 Å². The van der Waals surface area contributed by atoms with Crippen LogP contribution in [0.4, 0.5) is 11.4 Å². The minimum absolute atomic E-state index is 0.0767. The molecule has 0 aliphatic carbocycles. The summed E-state index contributed by atoms with van der Waals surface area (Å²) in [6.45, 7) is -0.739. The van der Waals surface area contributed by atoms with Crippen LogP contribution in [0.5, 0.6) is 0 Å². The zero-order valence-electron chi connectivity index (χ0n) is 12.7. The van der Waals surface area contributed by atoms with E-state index in [2.05, 4.69) is 10.1 Å². The van der Waals surface area contributed by atoms with Crippen molar-refractivity contribution in [1.82, 2.24) is 0 Å². The molecule has 0 radical (unpaired) electrons. The summed E-state index contributed by atoms with van der Waals surface area (Å²) in [6, 6.07) is 5.37. The number of hydrogen-bond donors (Lipinski definition) is 2. The molecule has 0 saturated carbocycles. The van der Waals surface area contributed by atoms with Gasteiger partial charge in [0.05, 0.1) is 15.6 Å². The Morgan fingerprint density at radius 3 is 2.54 bits per heavy atom. The summed E-state index contributed by atoms with van der Waals surface area (Å²) in [5.41, 5.74) is -0.185. The smallest absolute Gasteiger partial charge is 0.374 e. The summed E-state index contributed by atoms with van der Waals surface area (Å²) in [5.74, 6) is -2.34. The van der Waals surface area contributed by atoms with Crippen molar-refractivity contribution in [2.45, 2.75) is 5.09 Å². The third kappa shape index (κ3) is 4.78. The Labute approximate surface area is 150 Å². The molecule has 0 unspecified atom stereocenters. The number of nitro benzene ring substituents is 1. The maximum Gasteiger partial charge on any atom is 0.374 e. The second-order valence-electron chi connectivity index (χ2n) is 4.71.